The number of aromatic nitrogens is 2. The molecule has 1 saturated heterocycles. The minimum absolute atomic E-state index is 0.128. The maximum atomic E-state index is 5.82. The molecule has 0 unspecified atom stereocenters. The Kier molecular flexibility index (Phi) is 6.09. The first-order valence-electron chi connectivity index (χ1n) is 10.2. The van der Waals surface area contributed by atoms with E-state index in [1.807, 2.05) is 10.7 Å². The first-order valence-corrected chi connectivity index (χ1v) is 10.2. The van der Waals surface area contributed by atoms with Crippen molar-refractivity contribution in [2.24, 2.45) is 0 Å². The van der Waals surface area contributed by atoms with Gasteiger partial charge in [0.25, 0.3) is 0 Å². The molecule has 0 radical (unpaired) electrons. The fourth-order valence-corrected chi connectivity index (χ4v) is 3.80. The molecule has 0 N–H and O–H groups in total. The Morgan fingerprint density at radius 1 is 1.10 bits per heavy atom. The van der Waals surface area contributed by atoms with Gasteiger partial charge in [-0.2, -0.15) is 5.10 Å². The molecule has 0 spiro atoms. The Bertz CT molecular complexity index is 946. The van der Waals surface area contributed by atoms with Gasteiger partial charge in [-0.25, -0.2) is 4.68 Å². The van der Waals surface area contributed by atoms with Crippen molar-refractivity contribution in [3.05, 3.63) is 71.4 Å². The standard InChI is InChI=1S/C24H29N3O2/c1-18-9-10-19(2)23(13-18)27-15-21(24(25-27)20-7-5-4-6-8-20)14-26(3)16-22-17-28-11-12-29-22/h4-10,13,15,22H,11-12,14,16-17H2,1-3H3/t22-/m1/s1. The number of likely N-dealkylation sites (N-methyl/N-ethyl adjacent to an activating group) is 1. The highest BCUT2D eigenvalue weighted by Gasteiger charge is 2.19. The molecule has 1 atom stereocenters. The van der Waals surface area contributed by atoms with Crippen molar-refractivity contribution in [3.8, 4) is 16.9 Å². The highest BCUT2D eigenvalue weighted by atomic mass is 16.6. The number of ether oxygens (including phenoxy) is 2. The Hall–Kier alpha value is -2.47. The van der Waals surface area contributed by atoms with Crippen LogP contribution >= 0.6 is 0 Å². The summed E-state index contributed by atoms with van der Waals surface area (Å²) >= 11 is 0. The van der Waals surface area contributed by atoms with Gasteiger partial charge in [-0.15, -0.1) is 0 Å². The minimum atomic E-state index is 0.128. The third kappa shape index (κ3) is 4.75. The van der Waals surface area contributed by atoms with Gasteiger partial charge in [0.2, 0.25) is 0 Å². The van der Waals surface area contributed by atoms with Crippen LogP contribution in [0.4, 0.5) is 0 Å². The predicted molar refractivity (Wildman–Crippen MR) is 115 cm³/mol. The fraction of sp³-hybridized carbons (Fsp3) is 0.375. The smallest absolute Gasteiger partial charge is 0.0972 e. The van der Waals surface area contributed by atoms with Gasteiger partial charge < -0.3 is 9.47 Å². The molecule has 29 heavy (non-hydrogen) atoms. The summed E-state index contributed by atoms with van der Waals surface area (Å²) < 4.78 is 13.4. The Morgan fingerprint density at radius 3 is 2.69 bits per heavy atom. The molecule has 2 heterocycles. The molecule has 0 amide bonds. The molecule has 1 aliphatic rings. The lowest BCUT2D eigenvalue weighted by Crippen LogP contribution is -2.38. The summed E-state index contributed by atoms with van der Waals surface area (Å²) in [5.41, 5.74) is 6.94. The third-order valence-corrected chi connectivity index (χ3v) is 5.29. The van der Waals surface area contributed by atoms with Crippen LogP contribution < -0.4 is 0 Å². The SMILES string of the molecule is Cc1ccc(C)c(-n2cc(CN(C)C[C@@H]3COCCO3)c(-c3ccccc3)n2)c1. The van der Waals surface area contributed by atoms with Crippen molar-refractivity contribution < 1.29 is 9.47 Å². The van der Waals surface area contributed by atoms with E-state index in [9.17, 15) is 0 Å². The van der Waals surface area contributed by atoms with Crippen LogP contribution in [0, 0.1) is 13.8 Å². The molecule has 1 aromatic heterocycles. The van der Waals surface area contributed by atoms with Crippen molar-refractivity contribution in [1.29, 1.82) is 0 Å². The zero-order chi connectivity index (χ0) is 20.2. The van der Waals surface area contributed by atoms with Crippen LogP contribution in [-0.2, 0) is 16.0 Å². The summed E-state index contributed by atoms with van der Waals surface area (Å²) in [6.45, 7) is 7.92. The second-order valence-electron chi connectivity index (χ2n) is 7.87. The normalized spacial score (nSPS) is 17.0. The second kappa shape index (κ2) is 8.91. The molecule has 1 fully saturated rings. The number of hydrogen-bond donors (Lipinski definition) is 0. The molecular weight excluding hydrogens is 362 g/mol. The van der Waals surface area contributed by atoms with E-state index in [1.165, 1.54) is 16.7 Å². The zero-order valence-electron chi connectivity index (χ0n) is 17.5. The van der Waals surface area contributed by atoms with Crippen LogP contribution in [0.1, 0.15) is 16.7 Å². The van der Waals surface area contributed by atoms with E-state index in [0.29, 0.717) is 19.8 Å². The summed E-state index contributed by atoms with van der Waals surface area (Å²) in [6.07, 6.45) is 2.29. The summed E-state index contributed by atoms with van der Waals surface area (Å²) in [6, 6.07) is 16.9. The van der Waals surface area contributed by atoms with Gasteiger partial charge in [-0.3, -0.25) is 4.90 Å². The van der Waals surface area contributed by atoms with Crippen LogP contribution in [-0.4, -0.2) is 54.2 Å². The number of rotatable bonds is 6. The summed E-state index contributed by atoms with van der Waals surface area (Å²) in [7, 11) is 2.13. The molecule has 5 heteroatoms. The maximum Gasteiger partial charge on any atom is 0.0972 e. The van der Waals surface area contributed by atoms with E-state index in [-0.39, 0.29) is 6.10 Å². The van der Waals surface area contributed by atoms with E-state index in [1.54, 1.807) is 0 Å². The van der Waals surface area contributed by atoms with E-state index in [2.05, 4.69) is 74.5 Å². The first kappa shape index (κ1) is 19.8. The molecule has 5 nitrogen and oxygen atoms in total. The number of benzene rings is 2. The van der Waals surface area contributed by atoms with Crippen molar-refractivity contribution in [3.63, 3.8) is 0 Å². The fourth-order valence-electron chi connectivity index (χ4n) is 3.80. The van der Waals surface area contributed by atoms with Crippen LogP contribution in [0.5, 0.6) is 0 Å². The van der Waals surface area contributed by atoms with E-state index < -0.39 is 0 Å². The number of hydrogen-bond acceptors (Lipinski definition) is 4. The van der Waals surface area contributed by atoms with Crippen molar-refractivity contribution >= 4 is 0 Å². The molecule has 4 rings (SSSR count). The van der Waals surface area contributed by atoms with Gasteiger partial charge >= 0.3 is 0 Å². The maximum absolute atomic E-state index is 5.82. The summed E-state index contributed by atoms with van der Waals surface area (Å²) in [5.74, 6) is 0. The highest BCUT2D eigenvalue weighted by Crippen LogP contribution is 2.26. The van der Waals surface area contributed by atoms with Gasteiger partial charge in [0.1, 0.15) is 0 Å². The Morgan fingerprint density at radius 2 is 1.93 bits per heavy atom. The quantitative estimate of drug-likeness (QED) is 0.637. The monoisotopic (exact) mass is 391 g/mol. The predicted octanol–water partition coefficient (Wildman–Crippen LogP) is 4.00. The van der Waals surface area contributed by atoms with Crippen LogP contribution in [0.15, 0.2) is 54.7 Å². The van der Waals surface area contributed by atoms with Crippen molar-refractivity contribution in [2.45, 2.75) is 26.5 Å². The second-order valence-corrected chi connectivity index (χ2v) is 7.87. The summed E-state index contributed by atoms with van der Waals surface area (Å²) in [5, 5.41) is 4.99. The largest absolute Gasteiger partial charge is 0.376 e. The van der Waals surface area contributed by atoms with E-state index >= 15 is 0 Å². The average molecular weight is 392 g/mol. The average Bonchev–Trinajstić information content (AvgIpc) is 3.14. The topological polar surface area (TPSA) is 39.5 Å². The molecular formula is C24H29N3O2. The third-order valence-electron chi connectivity index (χ3n) is 5.29. The van der Waals surface area contributed by atoms with Gasteiger partial charge in [-0.1, -0.05) is 42.5 Å². The van der Waals surface area contributed by atoms with Gasteiger partial charge in [0.05, 0.1) is 37.3 Å². The van der Waals surface area contributed by atoms with E-state index in [0.717, 1.165) is 30.0 Å². The number of nitrogens with zero attached hydrogens (tertiary/aromatic N) is 3. The van der Waals surface area contributed by atoms with Crippen LogP contribution in [0.2, 0.25) is 0 Å². The summed E-state index contributed by atoms with van der Waals surface area (Å²) in [4.78, 5) is 2.29. The zero-order valence-corrected chi connectivity index (χ0v) is 17.5. The van der Waals surface area contributed by atoms with Gasteiger partial charge in [0, 0.05) is 30.4 Å². The lowest BCUT2D eigenvalue weighted by Gasteiger charge is -2.27. The Balaban J connectivity index is 1.64. The van der Waals surface area contributed by atoms with Crippen molar-refractivity contribution in [1.82, 2.24) is 14.7 Å². The lowest BCUT2D eigenvalue weighted by atomic mass is 10.1. The lowest BCUT2D eigenvalue weighted by molar-refractivity contribution is -0.0962. The van der Waals surface area contributed by atoms with E-state index in [4.69, 9.17) is 14.6 Å². The van der Waals surface area contributed by atoms with Crippen molar-refractivity contribution in [2.75, 3.05) is 33.4 Å². The van der Waals surface area contributed by atoms with Gasteiger partial charge in [-0.05, 0) is 38.1 Å². The molecule has 152 valence electrons. The van der Waals surface area contributed by atoms with Crippen LogP contribution in [0.25, 0.3) is 16.9 Å². The minimum Gasteiger partial charge on any atom is -0.376 e. The molecule has 1 aliphatic heterocycles. The van der Waals surface area contributed by atoms with Gasteiger partial charge in [0.15, 0.2) is 0 Å². The Labute approximate surface area is 172 Å². The molecule has 0 saturated carbocycles. The first-order chi connectivity index (χ1) is 14.1. The molecule has 2 aromatic carbocycles. The van der Waals surface area contributed by atoms with Crippen LogP contribution in [0.3, 0.4) is 0 Å². The molecule has 0 aliphatic carbocycles. The number of aryl methyl sites for hydroxylation is 2. The highest BCUT2D eigenvalue weighted by molar-refractivity contribution is 5.63. The molecule has 0 bridgehead atoms. The molecule has 3 aromatic rings.